The largest absolute Gasteiger partial charge is 0.464 e. The van der Waals surface area contributed by atoms with Crippen LogP contribution in [-0.2, 0) is 121 Å². The Kier molecular flexibility index (Phi) is 24.4. The summed E-state index contributed by atoms with van der Waals surface area (Å²) >= 11 is 0. The lowest BCUT2D eigenvalue weighted by atomic mass is 9.87. The average molecular weight is 1150 g/mol. The summed E-state index contributed by atoms with van der Waals surface area (Å²) < 4.78 is 88.7. The Hall–Kier alpha value is -7.14. The Morgan fingerprint density at radius 3 is 1.91 bits per heavy atom. The number of ether oxygens (including phenoxy) is 15. The van der Waals surface area contributed by atoms with Gasteiger partial charge < -0.3 is 81.5 Å². The normalized spacial score (nSPS) is 27.3. The van der Waals surface area contributed by atoms with Crippen LogP contribution in [-0.4, -0.2) is 189 Å². The van der Waals surface area contributed by atoms with Crippen LogP contribution in [0.25, 0.3) is 0 Å². The lowest BCUT2D eigenvalue weighted by Gasteiger charge is -2.52. The van der Waals surface area contributed by atoms with Crippen molar-refractivity contribution in [2.45, 2.75) is 173 Å². The Morgan fingerprint density at radius 1 is 0.691 bits per heavy atom. The van der Waals surface area contributed by atoms with Crippen molar-refractivity contribution in [1.29, 1.82) is 0 Å². The number of hydrogen-bond donors (Lipinski definition) is 2. The van der Waals surface area contributed by atoms with E-state index < -0.39 is 177 Å². The molecular weight excluding hydrogens is 1080 g/mol. The third-order valence-corrected chi connectivity index (χ3v) is 12.4. The molecule has 81 heavy (non-hydrogen) atoms. The molecule has 27 nitrogen and oxygen atoms in total. The number of carbonyl (C=O) groups is 10. The average Bonchev–Trinajstić information content (AvgIpc) is 3.33. The van der Waals surface area contributed by atoms with Crippen molar-refractivity contribution in [3.05, 3.63) is 71.8 Å². The maximum Gasteiger partial charge on any atom is 0.367 e. The summed E-state index contributed by atoms with van der Waals surface area (Å²) in [7, 11) is 0. The predicted octanol–water partition coefficient (Wildman–Crippen LogP) is 1.41. The first-order valence-electron chi connectivity index (χ1n) is 25.9. The Balaban J connectivity index is 1.76. The van der Waals surface area contributed by atoms with Crippen LogP contribution in [0.5, 0.6) is 0 Å². The van der Waals surface area contributed by atoms with Crippen LogP contribution < -0.4 is 5.32 Å². The molecule has 2 aromatic rings. The van der Waals surface area contributed by atoms with Crippen molar-refractivity contribution < 1.29 is 124 Å². The molecule has 0 bridgehead atoms. The highest BCUT2D eigenvalue weighted by Gasteiger charge is 2.64. The van der Waals surface area contributed by atoms with Gasteiger partial charge in [-0.25, -0.2) is 14.4 Å². The molecule has 3 fully saturated rings. The lowest BCUT2D eigenvalue weighted by molar-refractivity contribution is -0.378. The fraction of sp³-hybridized carbons (Fsp3) is 0.593. The number of esters is 9. The van der Waals surface area contributed by atoms with E-state index >= 15 is 4.79 Å². The smallest absolute Gasteiger partial charge is 0.367 e. The van der Waals surface area contributed by atoms with Gasteiger partial charge in [-0.1, -0.05) is 48.5 Å². The summed E-state index contributed by atoms with van der Waals surface area (Å²) in [4.78, 5) is 133. The van der Waals surface area contributed by atoms with Gasteiger partial charge in [-0.2, -0.15) is 0 Å². The maximum absolute atomic E-state index is 15.5. The molecule has 3 saturated heterocycles. The predicted molar refractivity (Wildman–Crippen MR) is 268 cm³/mol. The van der Waals surface area contributed by atoms with Crippen LogP contribution in [0.4, 0.5) is 0 Å². The van der Waals surface area contributed by atoms with Gasteiger partial charge in [0.05, 0.1) is 37.3 Å². The second kappa shape index (κ2) is 30.6. The molecule has 1 amide bonds. The number of nitrogens with one attached hydrogen (secondary N) is 1. The number of aliphatic hydroxyl groups is 1. The molecule has 27 heteroatoms. The first kappa shape index (κ1) is 64.7. The molecule has 0 unspecified atom stereocenters. The molecule has 2 N–H and O–H groups in total. The Morgan fingerprint density at radius 2 is 1.32 bits per heavy atom. The van der Waals surface area contributed by atoms with Crippen molar-refractivity contribution in [3.63, 3.8) is 0 Å². The number of benzene rings is 2. The minimum Gasteiger partial charge on any atom is -0.464 e. The van der Waals surface area contributed by atoms with Crippen molar-refractivity contribution in [1.82, 2.24) is 5.32 Å². The molecule has 3 aliphatic rings. The summed E-state index contributed by atoms with van der Waals surface area (Å²) in [5, 5.41) is 14.4. The molecule has 5 rings (SSSR count). The molecule has 0 radical (unpaired) electrons. The van der Waals surface area contributed by atoms with Gasteiger partial charge >= 0.3 is 53.7 Å². The van der Waals surface area contributed by atoms with Crippen LogP contribution in [0.2, 0.25) is 0 Å². The number of carbonyl (C=O) groups excluding carboxylic acids is 10. The maximum atomic E-state index is 15.5. The lowest BCUT2D eigenvalue weighted by Crippen LogP contribution is -2.72. The van der Waals surface area contributed by atoms with Gasteiger partial charge in [0.25, 0.3) is 5.79 Å². The zero-order valence-electron chi connectivity index (χ0n) is 46.2. The number of hydrogen-bond acceptors (Lipinski definition) is 26. The van der Waals surface area contributed by atoms with E-state index in [0.717, 1.165) is 48.5 Å². The Labute approximate surface area is 465 Å². The standard InChI is InChI=1S/C54H69NO26/c1-10-67-50(64)28(2)69-25-40-44(63)38(21-22-68-40)78-52-49(77-35(9)62)48(46(76-34(8)61)42(79-52)27-71-51(65)37-19-15-12-16-20-37)81-54(53(66)72-24-36-17-13-11-14-18-36)23-39(73-31(5)58)43(55-29(3)56)47(80-54)45(75-33(7)60)41(74-32(6)59)26-70-30(4)57/h11-20,28,38-49,52,63H,10,21-27H2,1-9H3,(H,55,56)/t28-,38+,39-,40+,41+,42+,43+,44+,45+,46-,47+,48-,49+,52+,54-/m0/s1. The molecule has 3 heterocycles. The Bertz CT molecular complexity index is 2490. The third kappa shape index (κ3) is 19.0. The molecule has 3 aliphatic heterocycles. The van der Waals surface area contributed by atoms with Crippen molar-refractivity contribution in [2.24, 2.45) is 0 Å². The second-order valence-corrected chi connectivity index (χ2v) is 18.8. The SMILES string of the molecule is CCOC(=O)[C@H](C)OC[C@H]1OCC[C@@H](O[C@@H]2O[C@H](COC(=O)c3ccccc3)[C@H](OC(C)=O)[C@H](O[C@]3(C(=O)OCc4ccccc4)C[C@H](OC(C)=O)[C@@H](NC(C)=O)[C@H]([C@H](OC(C)=O)[C@@H](COC(C)=O)OC(C)=O)O3)[C@H]2OC(C)=O)[C@H]1O. The van der Waals surface area contributed by atoms with E-state index in [4.69, 9.17) is 71.1 Å². The highest BCUT2D eigenvalue weighted by atomic mass is 16.8. The van der Waals surface area contributed by atoms with E-state index in [1.807, 2.05) is 0 Å². The second-order valence-electron chi connectivity index (χ2n) is 18.8. The van der Waals surface area contributed by atoms with E-state index in [0.29, 0.717) is 5.56 Å². The third-order valence-electron chi connectivity index (χ3n) is 12.4. The van der Waals surface area contributed by atoms with Gasteiger partial charge in [0.2, 0.25) is 5.91 Å². The summed E-state index contributed by atoms with van der Waals surface area (Å²) in [5.41, 5.74) is 0.473. The molecule has 15 atom stereocenters. The van der Waals surface area contributed by atoms with E-state index in [1.54, 1.807) is 55.5 Å². The summed E-state index contributed by atoms with van der Waals surface area (Å²) in [5.74, 6) is -13.1. The molecule has 0 aromatic heterocycles. The molecule has 2 aromatic carbocycles. The van der Waals surface area contributed by atoms with Crippen molar-refractivity contribution in [3.8, 4) is 0 Å². The molecule has 0 saturated carbocycles. The molecule has 0 aliphatic carbocycles. The highest BCUT2D eigenvalue weighted by Crippen LogP contribution is 2.42. The topological polar surface area (TPSA) is 341 Å². The van der Waals surface area contributed by atoms with E-state index in [-0.39, 0.29) is 31.8 Å². The van der Waals surface area contributed by atoms with E-state index in [2.05, 4.69) is 5.32 Å². The van der Waals surface area contributed by atoms with Gasteiger partial charge in [0.15, 0.2) is 36.8 Å². The van der Waals surface area contributed by atoms with Gasteiger partial charge in [-0.3, -0.25) is 33.6 Å². The minimum absolute atomic E-state index is 0.0709. The van der Waals surface area contributed by atoms with E-state index in [1.165, 1.54) is 19.1 Å². The van der Waals surface area contributed by atoms with Crippen LogP contribution in [0.1, 0.15) is 91.1 Å². The number of rotatable bonds is 25. The zero-order valence-corrected chi connectivity index (χ0v) is 46.2. The summed E-state index contributed by atoms with van der Waals surface area (Å²) in [6.07, 6.45) is -23.7. The van der Waals surface area contributed by atoms with Gasteiger partial charge in [-0.15, -0.1) is 0 Å². The van der Waals surface area contributed by atoms with Crippen LogP contribution >= 0.6 is 0 Å². The minimum atomic E-state index is -3.11. The summed E-state index contributed by atoms with van der Waals surface area (Å²) in [6.45, 7) is 7.41. The monoisotopic (exact) mass is 1150 g/mol. The van der Waals surface area contributed by atoms with Crippen LogP contribution in [0.15, 0.2) is 60.7 Å². The van der Waals surface area contributed by atoms with E-state index in [9.17, 15) is 48.3 Å². The number of aliphatic hydroxyl groups excluding tert-OH is 1. The fourth-order valence-corrected chi connectivity index (χ4v) is 9.02. The highest BCUT2D eigenvalue weighted by molar-refractivity contribution is 5.89. The summed E-state index contributed by atoms with van der Waals surface area (Å²) in [6, 6.07) is 14.1. The van der Waals surface area contributed by atoms with Crippen molar-refractivity contribution >= 4 is 59.6 Å². The van der Waals surface area contributed by atoms with Gasteiger partial charge in [0, 0.05) is 55.1 Å². The van der Waals surface area contributed by atoms with Crippen LogP contribution in [0.3, 0.4) is 0 Å². The van der Waals surface area contributed by atoms with Crippen molar-refractivity contribution in [2.75, 3.05) is 33.0 Å². The number of amides is 1. The zero-order chi connectivity index (χ0) is 59.6. The quantitative estimate of drug-likeness (QED) is 0.105. The molecule has 446 valence electrons. The molecular formula is C54H69NO26. The van der Waals surface area contributed by atoms with Crippen LogP contribution in [0, 0.1) is 0 Å². The fourth-order valence-electron chi connectivity index (χ4n) is 9.02. The first-order valence-corrected chi connectivity index (χ1v) is 25.9. The van der Waals surface area contributed by atoms with Gasteiger partial charge in [-0.05, 0) is 38.0 Å². The van der Waals surface area contributed by atoms with Gasteiger partial charge in [0.1, 0.15) is 56.4 Å². The molecule has 0 spiro atoms. The first-order chi connectivity index (χ1) is 38.4.